The summed E-state index contributed by atoms with van der Waals surface area (Å²) < 4.78 is 12.8. The third kappa shape index (κ3) is 3.93. The van der Waals surface area contributed by atoms with Crippen LogP contribution in [0.4, 0.5) is 10.1 Å². The fraction of sp³-hybridized carbons (Fsp3) is 0.417. The maximum absolute atomic E-state index is 12.8. The topological polar surface area (TPSA) is 55.1 Å². The second kappa shape index (κ2) is 6.49. The van der Waals surface area contributed by atoms with E-state index >= 15 is 0 Å². The van der Waals surface area contributed by atoms with Gasteiger partial charge >= 0.3 is 0 Å². The van der Waals surface area contributed by atoms with Crippen molar-refractivity contribution in [2.75, 3.05) is 17.7 Å². The number of rotatable bonds is 5. The SMILES string of the molecule is CCC(CSC)NC(=O)c1ccc(F)cc1N. The second-order valence-electron chi connectivity index (χ2n) is 3.77. The average molecular weight is 256 g/mol. The Morgan fingerprint density at radius 3 is 2.82 bits per heavy atom. The minimum atomic E-state index is -0.435. The lowest BCUT2D eigenvalue weighted by molar-refractivity contribution is 0.0941. The number of anilines is 1. The molecule has 1 amide bonds. The third-order valence-corrected chi connectivity index (χ3v) is 3.19. The molecule has 0 saturated heterocycles. The zero-order valence-corrected chi connectivity index (χ0v) is 10.8. The van der Waals surface area contributed by atoms with Crippen molar-refractivity contribution < 1.29 is 9.18 Å². The number of carbonyl (C=O) groups is 1. The van der Waals surface area contributed by atoms with E-state index in [-0.39, 0.29) is 17.6 Å². The van der Waals surface area contributed by atoms with Gasteiger partial charge in [0.15, 0.2) is 0 Å². The summed E-state index contributed by atoms with van der Waals surface area (Å²) in [5.74, 6) is 0.169. The molecule has 94 valence electrons. The summed E-state index contributed by atoms with van der Waals surface area (Å²) in [6.07, 6.45) is 2.84. The van der Waals surface area contributed by atoms with Crippen LogP contribution >= 0.6 is 11.8 Å². The van der Waals surface area contributed by atoms with E-state index in [1.54, 1.807) is 11.8 Å². The number of amides is 1. The molecule has 0 aliphatic carbocycles. The normalized spacial score (nSPS) is 12.2. The average Bonchev–Trinajstić information content (AvgIpc) is 2.28. The minimum absolute atomic E-state index is 0.113. The predicted molar refractivity (Wildman–Crippen MR) is 70.7 cm³/mol. The first kappa shape index (κ1) is 13.8. The molecular weight excluding hydrogens is 239 g/mol. The van der Waals surface area contributed by atoms with Gasteiger partial charge in [0.05, 0.1) is 5.56 Å². The van der Waals surface area contributed by atoms with Crippen molar-refractivity contribution in [2.45, 2.75) is 19.4 Å². The highest BCUT2D eigenvalue weighted by Crippen LogP contribution is 2.14. The van der Waals surface area contributed by atoms with Crippen LogP contribution in [0.1, 0.15) is 23.7 Å². The molecule has 1 atom stereocenters. The molecule has 1 unspecified atom stereocenters. The predicted octanol–water partition coefficient (Wildman–Crippen LogP) is 2.28. The molecule has 0 aliphatic rings. The Bertz CT molecular complexity index is 398. The molecule has 0 spiro atoms. The zero-order chi connectivity index (χ0) is 12.8. The molecule has 1 rings (SSSR count). The zero-order valence-electron chi connectivity index (χ0n) is 10.00. The number of hydrogen-bond donors (Lipinski definition) is 2. The molecule has 0 aromatic heterocycles. The number of thioether (sulfide) groups is 1. The van der Waals surface area contributed by atoms with Crippen LogP contribution < -0.4 is 11.1 Å². The van der Waals surface area contributed by atoms with Crippen LogP contribution in [0.2, 0.25) is 0 Å². The van der Waals surface area contributed by atoms with Crippen molar-refractivity contribution in [1.29, 1.82) is 0 Å². The summed E-state index contributed by atoms with van der Waals surface area (Å²) in [6, 6.07) is 3.92. The summed E-state index contributed by atoms with van der Waals surface area (Å²) in [7, 11) is 0. The summed E-state index contributed by atoms with van der Waals surface area (Å²) in [5, 5.41) is 2.88. The van der Waals surface area contributed by atoms with Crippen LogP contribution in [0.15, 0.2) is 18.2 Å². The summed E-state index contributed by atoms with van der Waals surface area (Å²) >= 11 is 1.67. The Labute approximate surface area is 105 Å². The Balaban J connectivity index is 2.75. The van der Waals surface area contributed by atoms with Gasteiger partial charge in [-0.1, -0.05) is 6.92 Å². The molecule has 17 heavy (non-hydrogen) atoms. The van der Waals surface area contributed by atoms with Crippen LogP contribution in [0, 0.1) is 5.82 Å². The van der Waals surface area contributed by atoms with E-state index in [2.05, 4.69) is 5.32 Å². The van der Waals surface area contributed by atoms with Gasteiger partial charge in [0.1, 0.15) is 5.82 Å². The first-order valence-corrected chi connectivity index (χ1v) is 6.82. The number of nitrogens with one attached hydrogen (secondary N) is 1. The van der Waals surface area contributed by atoms with Gasteiger partial charge < -0.3 is 11.1 Å². The highest BCUT2D eigenvalue weighted by atomic mass is 32.2. The van der Waals surface area contributed by atoms with E-state index in [9.17, 15) is 9.18 Å². The Morgan fingerprint density at radius 1 is 1.59 bits per heavy atom. The number of halogens is 1. The van der Waals surface area contributed by atoms with Crippen LogP contribution in [-0.4, -0.2) is 24.0 Å². The van der Waals surface area contributed by atoms with E-state index in [1.807, 2.05) is 13.2 Å². The van der Waals surface area contributed by atoms with Crippen molar-refractivity contribution in [3.63, 3.8) is 0 Å². The van der Waals surface area contributed by atoms with Crippen molar-refractivity contribution >= 4 is 23.4 Å². The summed E-state index contributed by atoms with van der Waals surface area (Å²) in [5.41, 5.74) is 6.10. The minimum Gasteiger partial charge on any atom is -0.398 e. The van der Waals surface area contributed by atoms with Crippen molar-refractivity contribution in [1.82, 2.24) is 5.32 Å². The fourth-order valence-corrected chi connectivity index (χ4v) is 2.19. The van der Waals surface area contributed by atoms with Gasteiger partial charge in [-0.15, -0.1) is 0 Å². The molecule has 1 aromatic carbocycles. The van der Waals surface area contributed by atoms with Gasteiger partial charge in [-0.25, -0.2) is 4.39 Å². The number of carbonyl (C=O) groups excluding carboxylic acids is 1. The van der Waals surface area contributed by atoms with Gasteiger partial charge in [-0.2, -0.15) is 11.8 Å². The first-order chi connectivity index (χ1) is 8.08. The molecule has 0 aliphatic heterocycles. The maximum atomic E-state index is 12.8. The molecule has 0 saturated carbocycles. The fourth-order valence-electron chi connectivity index (χ4n) is 1.47. The maximum Gasteiger partial charge on any atom is 0.253 e. The standard InChI is InChI=1S/C12H17FN2OS/c1-3-9(7-17-2)15-12(16)10-5-4-8(13)6-11(10)14/h4-6,9H,3,7,14H2,1-2H3,(H,15,16). The molecule has 0 fully saturated rings. The molecule has 0 heterocycles. The smallest absolute Gasteiger partial charge is 0.253 e. The van der Waals surface area contributed by atoms with E-state index in [1.165, 1.54) is 12.1 Å². The molecule has 0 bridgehead atoms. The van der Waals surface area contributed by atoms with E-state index in [0.29, 0.717) is 5.56 Å². The number of benzene rings is 1. The highest BCUT2D eigenvalue weighted by molar-refractivity contribution is 7.98. The van der Waals surface area contributed by atoms with Gasteiger partial charge in [0.2, 0.25) is 0 Å². The molecular formula is C12H17FN2OS. The van der Waals surface area contributed by atoms with Crippen LogP contribution in [0.5, 0.6) is 0 Å². The van der Waals surface area contributed by atoms with Gasteiger partial charge in [0.25, 0.3) is 5.91 Å². The lowest BCUT2D eigenvalue weighted by atomic mass is 10.1. The van der Waals surface area contributed by atoms with E-state index in [4.69, 9.17) is 5.73 Å². The molecule has 5 heteroatoms. The van der Waals surface area contributed by atoms with Gasteiger partial charge in [-0.05, 0) is 30.9 Å². The Morgan fingerprint density at radius 2 is 2.29 bits per heavy atom. The van der Waals surface area contributed by atoms with E-state index < -0.39 is 5.82 Å². The second-order valence-corrected chi connectivity index (χ2v) is 4.68. The van der Waals surface area contributed by atoms with Gasteiger partial charge in [-0.3, -0.25) is 4.79 Å². The monoisotopic (exact) mass is 256 g/mol. The largest absolute Gasteiger partial charge is 0.398 e. The van der Waals surface area contributed by atoms with Crippen LogP contribution in [0.3, 0.4) is 0 Å². The van der Waals surface area contributed by atoms with Crippen LogP contribution in [-0.2, 0) is 0 Å². The molecule has 1 aromatic rings. The molecule has 3 N–H and O–H groups in total. The Hall–Kier alpha value is -1.23. The van der Waals surface area contributed by atoms with Crippen molar-refractivity contribution in [3.05, 3.63) is 29.6 Å². The summed E-state index contributed by atoms with van der Waals surface area (Å²) in [4.78, 5) is 11.9. The van der Waals surface area contributed by atoms with Crippen molar-refractivity contribution in [3.8, 4) is 0 Å². The number of nitrogen functional groups attached to an aromatic ring is 1. The lowest BCUT2D eigenvalue weighted by Crippen LogP contribution is -2.36. The third-order valence-electron chi connectivity index (χ3n) is 2.45. The number of nitrogens with two attached hydrogens (primary N) is 1. The highest BCUT2D eigenvalue weighted by Gasteiger charge is 2.14. The van der Waals surface area contributed by atoms with Crippen molar-refractivity contribution in [2.24, 2.45) is 0 Å². The number of hydrogen-bond acceptors (Lipinski definition) is 3. The quantitative estimate of drug-likeness (QED) is 0.795. The Kier molecular flexibility index (Phi) is 5.28. The summed E-state index contributed by atoms with van der Waals surface area (Å²) in [6.45, 7) is 2.01. The van der Waals surface area contributed by atoms with Crippen LogP contribution in [0.25, 0.3) is 0 Å². The first-order valence-electron chi connectivity index (χ1n) is 5.43. The molecule has 0 radical (unpaired) electrons. The molecule has 3 nitrogen and oxygen atoms in total. The van der Waals surface area contributed by atoms with Gasteiger partial charge in [0, 0.05) is 17.5 Å². The lowest BCUT2D eigenvalue weighted by Gasteiger charge is -2.16. The van der Waals surface area contributed by atoms with E-state index in [0.717, 1.165) is 18.2 Å².